The van der Waals surface area contributed by atoms with Crippen LogP contribution in [-0.4, -0.2) is 25.6 Å². The Hall–Kier alpha value is -2.34. The third kappa shape index (κ3) is 3.37. The summed E-state index contributed by atoms with van der Waals surface area (Å²) in [6.07, 6.45) is 2.80. The number of rotatable bonds is 6. The second-order valence-corrected chi connectivity index (χ2v) is 6.13. The van der Waals surface area contributed by atoms with Gasteiger partial charge in [0.1, 0.15) is 5.52 Å². The van der Waals surface area contributed by atoms with Crippen LogP contribution in [0.15, 0.2) is 47.8 Å². The Kier molecular flexibility index (Phi) is 4.62. The Morgan fingerprint density at radius 1 is 1.26 bits per heavy atom. The minimum atomic E-state index is -0.903. The fourth-order valence-corrected chi connectivity index (χ4v) is 3.35. The van der Waals surface area contributed by atoms with Gasteiger partial charge >= 0.3 is 5.97 Å². The molecule has 0 atom stereocenters. The number of thioether (sulfide) groups is 1. The second kappa shape index (κ2) is 6.83. The van der Waals surface area contributed by atoms with Gasteiger partial charge in [-0.15, -0.1) is 0 Å². The van der Waals surface area contributed by atoms with Crippen molar-refractivity contribution in [1.82, 2.24) is 14.5 Å². The molecule has 6 heteroatoms. The maximum absolute atomic E-state index is 10.9. The van der Waals surface area contributed by atoms with Gasteiger partial charge < -0.3 is 9.67 Å². The van der Waals surface area contributed by atoms with E-state index in [9.17, 15) is 4.79 Å². The number of carboxylic acids is 1. The molecule has 0 fully saturated rings. The molecule has 1 N–H and O–H groups in total. The summed E-state index contributed by atoms with van der Waals surface area (Å²) < 4.78 is 2.14. The van der Waals surface area contributed by atoms with Crippen molar-refractivity contribution in [1.29, 1.82) is 0 Å². The zero-order valence-corrected chi connectivity index (χ0v) is 13.6. The van der Waals surface area contributed by atoms with Crippen molar-refractivity contribution in [3.63, 3.8) is 0 Å². The van der Waals surface area contributed by atoms with Crippen LogP contribution >= 0.6 is 11.8 Å². The molecule has 0 spiro atoms. The number of aromatic carboxylic acids is 1. The summed E-state index contributed by atoms with van der Waals surface area (Å²) in [4.78, 5) is 20.0. The normalized spacial score (nSPS) is 11.0. The van der Waals surface area contributed by atoms with Crippen LogP contribution in [0.25, 0.3) is 11.2 Å². The number of nitrogens with zero attached hydrogens (tertiary/aromatic N) is 3. The van der Waals surface area contributed by atoms with Crippen LogP contribution in [-0.2, 0) is 12.3 Å². The Morgan fingerprint density at radius 2 is 2.04 bits per heavy atom. The molecule has 0 bridgehead atoms. The predicted molar refractivity (Wildman–Crippen MR) is 90.8 cm³/mol. The lowest BCUT2D eigenvalue weighted by atomic mass is 10.1. The smallest absolute Gasteiger partial charge is 0.335 e. The quantitative estimate of drug-likeness (QED) is 0.697. The van der Waals surface area contributed by atoms with E-state index in [1.54, 1.807) is 30.1 Å². The Balaban J connectivity index is 1.81. The fourth-order valence-electron chi connectivity index (χ4n) is 2.36. The van der Waals surface area contributed by atoms with Gasteiger partial charge in [-0.05, 0) is 36.2 Å². The molecular weight excluding hydrogens is 310 g/mol. The van der Waals surface area contributed by atoms with Crippen molar-refractivity contribution in [3.05, 3.63) is 53.7 Å². The SMILES string of the molecule is CCCn1c(SCc2ccc(C(=O)O)cc2)nc2cccnc21. The largest absolute Gasteiger partial charge is 0.478 e. The molecule has 0 aliphatic carbocycles. The van der Waals surface area contributed by atoms with Crippen molar-refractivity contribution in [2.24, 2.45) is 0 Å². The first-order valence-electron chi connectivity index (χ1n) is 7.45. The lowest BCUT2D eigenvalue weighted by Gasteiger charge is -2.06. The molecule has 23 heavy (non-hydrogen) atoms. The van der Waals surface area contributed by atoms with E-state index < -0.39 is 5.97 Å². The van der Waals surface area contributed by atoms with Crippen LogP contribution in [0.3, 0.4) is 0 Å². The monoisotopic (exact) mass is 327 g/mol. The van der Waals surface area contributed by atoms with Crippen molar-refractivity contribution in [2.45, 2.75) is 30.8 Å². The highest BCUT2D eigenvalue weighted by atomic mass is 32.2. The van der Waals surface area contributed by atoms with E-state index in [0.29, 0.717) is 5.56 Å². The summed E-state index contributed by atoms with van der Waals surface area (Å²) in [5, 5.41) is 9.88. The molecule has 0 aliphatic rings. The van der Waals surface area contributed by atoms with Crippen molar-refractivity contribution in [3.8, 4) is 0 Å². The van der Waals surface area contributed by atoms with E-state index in [4.69, 9.17) is 5.11 Å². The maximum Gasteiger partial charge on any atom is 0.335 e. The number of benzene rings is 1. The van der Waals surface area contributed by atoms with Gasteiger partial charge in [-0.1, -0.05) is 30.8 Å². The molecule has 118 valence electrons. The fraction of sp³-hybridized carbons (Fsp3) is 0.235. The highest BCUT2D eigenvalue weighted by Gasteiger charge is 2.11. The number of hydrogen-bond donors (Lipinski definition) is 1. The third-order valence-electron chi connectivity index (χ3n) is 3.48. The van der Waals surface area contributed by atoms with Gasteiger partial charge in [0.05, 0.1) is 5.56 Å². The van der Waals surface area contributed by atoms with Crippen molar-refractivity contribution in [2.75, 3.05) is 0 Å². The summed E-state index contributed by atoms with van der Waals surface area (Å²) in [5.74, 6) is -0.160. The first kappa shape index (κ1) is 15.6. The first-order chi connectivity index (χ1) is 11.2. The van der Waals surface area contributed by atoms with Gasteiger partial charge in [-0.25, -0.2) is 14.8 Å². The van der Waals surface area contributed by atoms with E-state index in [2.05, 4.69) is 21.5 Å². The number of fused-ring (bicyclic) bond motifs is 1. The van der Waals surface area contributed by atoms with Crippen LogP contribution in [0, 0.1) is 0 Å². The van der Waals surface area contributed by atoms with Crippen LogP contribution < -0.4 is 0 Å². The number of carbonyl (C=O) groups is 1. The molecule has 3 aromatic rings. The number of pyridine rings is 1. The minimum absolute atomic E-state index is 0.307. The molecule has 2 aromatic heterocycles. The van der Waals surface area contributed by atoms with E-state index >= 15 is 0 Å². The summed E-state index contributed by atoms with van der Waals surface area (Å²) in [6, 6.07) is 10.8. The minimum Gasteiger partial charge on any atom is -0.478 e. The summed E-state index contributed by atoms with van der Waals surface area (Å²) in [6.45, 7) is 3.02. The molecule has 0 amide bonds. The Morgan fingerprint density at radius 3 is 2.74 bits per heavy atom. The van der Waals surface area contributed by atoms with E-state index in [1.807, 2.05) is 24.3 Å². The highest BCUT2D eigenvalue weighted by molar-refractivity contribution is 7.98. The van der Waals surface area contributed by atoms with Gasteiger partial charge in [-0.2, -0.15) is 0 Å². The lowest BCUT2D eigenvalue weighted by Crippen LogP contribution is -2.00. The summed E-state index contributed by atoms with van der Waals surface area (Å²) >= 11 is 1.64. The van der Waals surface area contributed by atoms with Crippen molar-refractivity contribution < 1.29 is 9.90 Å². The number of aromatic nitrogens is 3. The zero-order valence-electron chi connectivity index (χ0n) is 12.8. The van der Waals surface area contributed by atoms with Gasteiger partial charge in [0.2, 0.25) is 0 Å². The van der Waals surface area contributed by atoms with Crippen molar-refractivity contribution >= 4 is 28.9 Å². The number of imidazole rings is 1. The molecule has 0 radical (unpaired) electrons. The zero-order chi connectivity index (χ0) is 16.2. The van der Waals surface area contributed by atoms with Crippen LogP contribution in [0.1, 0.15) is 29.3 Å². The van der Waals surface area contributed by atoms with E-state index in [0.717, 1.165) is 40.6 Å². The van der Waals surface area contributed by atoms with E-state index in [1.165, 1.54) is 0 Å². The standard InChI is InChI=1S/C17H17N3O2S/c1-2-10-20-15-14(4-3-9-18-15)19-17(20)23-11-12-5-7-13(8-6-12)16(21)22/h3-9H,2,10-11H2,1H3,(H,21,22). The van der Waals surface area contributed by atoms with E-state index in [-0.39, 0.29) is 0 Å². The highest BCUT2D eigenvalue weighted by Crippen LogP contribution is 2.26. The molecule has 5 nitrogen and oxygen atoms in total. The average Bonchev–Trinajstić information content (AvgIpc) is 2.92. The average molecular weight is 327 g/mol. The molecule has 0 saturated heterocycles. The third-order valence-corrected chi connectivity index (χ3v) is 4.53. The first-order valence-corrected chi connectivity index (χ1v) is 8.44. The predicted octanol–water partition coefficient (Wildman–Crippen LogP) is 3.83. The Labute approximate surface area is 138 Å². The number of carboxylic acid groups (broad SMARTS) is 1. The molecule has 0 aliphatic heterocycles. The van der Waals surface area contributed by atoms with Crippen LogP contribution in [0.4, 0.5) is 0 Å². The van der Waals surface area contributed by atoms with Crippen LogP contribution in [0.2, 0.25) is 0 Å². The van der Waals surface area contributed by atoms with Gasteiger partial charge in [0.15, 0.2) is 10.8 Å². The number of aryl methyl sites for hydroxylation is 1. The summed E-state index contributed by atoms with van der Waals surface area (Å²) in [5.41, 5.74) is 3.20. The molecule has 0 saturated carbocycles. The van der Waals surface area contributed by atoms with Crippen LogP contribution in [0.5, 0.6) is 0 Å². The molecule has 0 unspecified atom stereocenters. The second-order valence-electron chi connectivity index (χ2n) is 5.18. The molecule has 2 heterocycles. The maximum atomic E-state index is 10.9. The molecule has 3 rings (SSSR count). The number of hydrogen-bond acceptors (Lipinski definition) is 4. The molecule has 1 aromatic carbocycles. The summed E-state index contributed by atoms with van der Waals surface area (Å²) in [7, 11) is 0. The van der Waals surface area contributed by atoms with Gasteiger partial charge in [-0.3, -0.25) is 0 Å². The molecular formula is C17H17N3O2S. The topological polar surface area (TPSA) is 68.0 Å². The Bertz CT molecular complexity index is 827. The van der Waals surface area contributed by atoms with Gasteiger partial charge in [0, 0.05) is 18.5 Å². The van der Waals surface area contributed by atoms with Gasteiger partial charge in [0.25, 0.3) is 0 Å². The lowest BCUT2D eigenvalue weighted by molar-refractivity contribution is 0.0697.